The molecule has 2 aromatic carbocycles. The van der Waals surface area contributed by atoms with Crippen molar-refractivity contribution in [2.45, 2.75) is 11.4 Å². The number of carbonyl (C=O) groups excluding carboxylic acids is 1. The molecule has 3 rings (SSSR count). The Morgan fingerprint density at radius 3 is 2.74 bits per heavy atom. The van der Waals surface area contributed by atoms with Crippen molar-refractivity contribution in [3.05, 3.63) is 53.1 Å². The first-order valence-corrected chi connectivity index (χ1v) is 8.65. The third-order valence-corrected chi connectivity index (χ3v) is 5.07. The number of nitrogens with one attached hydrogen (secondary N) is 2. The zero-order valence-corrected chi connectivity index (χ0v) is 13.8. The number of hydrogen-bond donors (Lipinski definition) is 2. The Hall–Kier alpha value is -2.25. The van der Waals surface area contributed by atoms with Gasteiger partial charge in [-0.3, -0.25) is 4.72 Å². The Morgan fingerprint density at radius 2 is 2.00 bits per heavy atom. The Bertz CT molecular complexity index is 883. The minimum Gasteiger partial charge on any atom is -0.323 e. The van der Waals surface area contributed by atoms with Crippen molar-refractivity contribution in [2.24, 2.45) is 0 Å². The van der Waals surface area contributed by atoms with E-state index in [4.69, 9.17) is 11.6 Å². The number of sulfonamides is 1. The number of rotatable bonds is 3. The molecule has 1 aliphatic heterocycles. The van der Waals surface area contributed by atoms with Gasteiger partial charge in [-0.05, 0) is 42.0 Å². The van der Waals surface area contributed by atoms with E-state index in [1.54, 1.807) is 37.4 Å². The number of urea groups is 1. The van der Waals surface area contributed by atoms with E-state index in [1.807, 2.05) is 0 Å². The van der Waals surface area contributed by atoms with Crippen molar-refractivity contribution >= 4 is 39.0 Å². The summed E-state index contributed by atoms with van der Waals surface area (Å²) >= 11 is 5.84. The topological polar surface area (TPSA) is 78.5 Å². The minimum atomic E-state index is -3.72. The van der Waals surface area contributed by atoms with Crippen LogP contribution in [0.4, 0.5) is 16.2 Å². The van der Waals surface area contributed by atoms with Gasteiger partial charge in [0.2, 0.25) is 0 Å². The lowest BCUT2D eigenvalue weighted by Crippen LogP contribution is -2.35. The number of anilines is 2. The molecule has 1 heterocycles. The number of halogens is 1. The highest BCUT2D eigenvalue weighted by molar-refractivity contribution is 7.92. The Kier molecular flexibility index (Phi) is 3.91. The largest absolute Gasteiger partial charge is 0.323 e. The average Bonchev–Trinajstić information content (AvgIpc) is 2.48. The number of fused-ring (bicyclic) bond motifs is 1. The van der Waals surface area contributed by atoms with E-state index in [9.17, 15) is 13.2 Å². The molecule has 0 atom stereocenters. The standard InChI is InChI=1S/C15H14ClN3O3S/c1-19-9-10-7-12(5-6-14(10)17-15(19)20)18-23(21,22)13-4-2-3-11(16)8-13/h2-8,18H,9H2,1H3,(H,17,20). The van der Waals surface area contributed by atoms with Crippen LogP contribution in [0.3, 0.4) is 0 Å². The van der Waals surface area contributed by atoms with Gasteiger partial charge in [-0.15, -0.1) is 0 Å². The number of amides is 2. The van der Waals surface area contributed by atoms with Gasteiger partial charge in [0.15, 0.2) is 0 Å². The van der Waals surface area contributed by atoms with Crippen LogP contribution in [0.25, 0.3) is 0 Å². The zero-order valence-electron chi connectivity index (χ0n) is 12.2. The number of benzene rings is 2. The molecule has 1 aliphatic rings. The molecule has 0 fully saturated rings. The first-order valence-electron chi connectivity index (χ1n) is 6.78. The minimum absolute atomic E-state index is 0.0909. The maximum atomic E-state index is 12.4. The first-order chi connectivity index (χ1) is 10.8. The van der Waals surface area contributed by atoms with E-state index >= 15 is 0 Å². The van der Waals surface area contributed by atoms with Crippen LogP contribution in [0, 0.1) is 0 Å². The fourth-order valence-electron chi connectivity index (χ4n) is 2.30. The molecule has 0 spiro atoms. The van der Waals surface area contributed by atoms with Crippen molar-refractivity contribution < 1.29 is 13.2 Å². The van der Waals surface area contributed by atoms with E-state index in [-0.39, 0.29) is 10.9 Å². The fraction of sp³-hybridized carbons (Fsp3) is 0.133. The molecule has 2 amide bonds. The predicted octanol–water partition coefficient (Wildman–Crippen LogP) is 3.12. The molecule has 2 N–H and O–H groups in total. The second-order valence-electron chi connectivity index (χ2n) is 5.22. The second kappa shape index (κ2) is 5.75. The molecule has 0 aliphatic carbocycles. The molecule has 0 aromatic heterocycles. The molecule has 0 saturated heterocycles. The van der Waals surface area contributed by atoms with E-state index in [1.165, 1.54) is 17.0 Å². The summed E-state index contributed by atoms with van der Waals surface area (Å²) in [7, 11) is -2.05. The van der Waals surface area contributed by atoms with Gasteiger partial charge < -0.3 is 10.2 Å². The molecule has 23 heavy (non-hydrogen) atoms. The van der Waals surface area contributed by atoms with Crippen LogP contribution in [0.5, 0.6) is 0 Å². The van der Waals surface area contributed by atoms with Crippen molar-refractivity contribution in [1.82, 2.24) is 4.90 Å². The summed E-state index contributed by atoms with van der Waals surface area (Å²) in [5, 5.41) is 3.08. The normalized spacial score (nSPS) is 14.2. The summed E-state index contributed by atoms with van der Waals surface area (Å²) in [5.74, 6) is 0. The van der Waals surface area contributed by atoms with Gasteiger partial charge in [-0.2, -0.15) is 0 Å². The SMILES string of the molecule is CN1Cc2cc(NS(=O)(=O)c3cccc(Cl)c3)ccc2NC1=O. The lowest BCUT2D eigenvalue weighted by molar-refractivity contribution is 0.218. The Morgan fingerprint density at radius 1 is 1.22 bits per heavy atom. The quantitative estimate of drug-likeness (QED) is 0.891. The maximum Gasteiger partial charge on any atom is 0.321 e. The Labute approximate surface area is 139 Å². The van der Waals surface area contributed by atoms with Gasteiger partial charge in [-0.1, -0.05) is 17.7 Å². The summed E-state index contributed by atoms with van der Waals surface area (Å²) < 4.78 is 27.3. The number of hydrogen-bond acceptors (Lipinski definition) is 3. The van der Waals surface area contributed by atoms with Crippen LogP contribution in [-0.2, 0) is 16.6 Å². The predicted molar refractivity (Wildman–Crippen MR) is 89.2 cm³/mol. The third-order valence-electron chi connectivity index (χ3n) is 3.46. The Balaban J connectivity index is 1.89. The summed E-state index contributed by atoms with van der Waals surface area (Å²) in [6.07, 6.45) is 0. The smallest absolute Gasteiger partial charge is 0.321 e. The van der Waals surface area contributed by atoms with E-state index in [2.05, 4.69) is 10.0 Å². The molecule has 120 valence electrons. The van der Waals surface area contributed by atoms with Crippen molar-refractivity contribution in [2.75, 3.05) is 17.1 Å². The highest BCUT2D eigenvalue weighted by Gasteiger charge is 2.20. The molecular formula is C15H14ClN3O3S. The fourth-order valence-corrected chi connectivity index (χ4v) is 3.65. The lowest BCUT2D eigenvalue weighted by Gasteiger charge is -2.26. The zero-order chi connectivity index (χ0) is 16.6. The van der Waals surface area contributed by atoms with Gasteiger partial charge in [0, 0.05) is 30.0 Å². The average molecular weight is 352 g/mol. The maximum absolute atomic E-state index is 12.4. The van der Waals surface area contributed by atoms with Gasteiger partial charge in [0.1, 0.15) is 0 Å². The highest BCUT2D eigenvalue weighted by atomic mass is 35.5. The summed E-state index contributed by atoms with van der Waals surface area (Å²) in [6.45, 7) is 0.411. The van der Waals surface area contributed by atoms with Crippen LogP contribution in [-0.4, -0.2) is 26.4 Å². The number of nitrogens with zero attached hydrogens (tertiary/aromatic N) is 1. The second-order valence-corrected chi connectivity index (χ2v) is 7.34. The van der Waals surface area contributed by atoms with E-state index in [0.717, 1.165) is 5.56 Å². The third kappa shape index (κ3) is 3.25. The van der Waals surface area contributed by atoms with Gasteiger partial charge >= 0.3 is 6.03 Å². The van der Waals surface area contributed by atoms with E-state index in [0.29, 0.717) is 22.9 Å². The van der Waals surface area contributed by atoms with Crippen molar-refractivity contribution in [3.8, 4) is 0 Å². The molecule has 0 bridgehead atoms. The summed E-state index contributed by atoms with van der Waals surface area (Å²) in [6, 6.07) is 10.8. The monoisotopic (exact) mass is 351 g/mol. The van der Waals surface area contributed by atoms with Crippen LogP contribution in [0.1, 0.15) is 5.56 Å². The molecule has 0 saturated carbocycles. The van der Waals surface area contributed by atoms with Crippen LogP contribution in [0.15, 0.2) is 47.4 Å². The highest BCUT2D eigenvalue weighted by Crippen LogP contribution is 2.27. The van der Waals surface area contributed by atoms with Crippen LogP contribution in [0.2, 0.25) is 5.02 Å². The van der Waals surface area contributed by atoms with Crippen molar-refractivity contribution in [1.29, 1.82) is 0 Å². The van der Waals surface area contributed by atoms with Crippen LogP contribution >= 0.6 is 11.6 Å². The first kappa shape index (κ1) is 15.6. The molecule has 0 unspecified atom stereocenters. The molecule has 6 nitrogen and oxygen atoms in total. The summed E-state index contributed by atoms with van der Waals surface area (Å²) in [5.41, 5.74) is 1.94. The molecular weight excluding hydrogens is 338 g/mol. The van der Waals surface area contributed by atoms with Gasteiger partial charge in [0.05, 0.1) is 4.90 Å². The molecule has 2 aromatic rings. The van der Waals surface area contributed by atoms with Crippen molar-refractivity contribution in [3.63, 3.8) is 0 Å². The van der Waals surface area contributed by atoms with Crippen LogP contribution < -0.4 is 10.0 Å². The van der Waals surface area contributed by atoms with E-state index < -0.39 is 10.0 Å². The van der Waals surface area contributed by atoms with Gasteiger partial charge in [0.25, 0.3) is 10.0 Å². The molecule has 8 heteroatoms. The lowest BCUT2D eigenvalue weighted by atomic mass is 10.1. The summed E-state index contributed by atoms with van der Waals surface area (Å²) in [4.78, 5) is 13.2. The molecule has 0 radical (unpaired) electrons. The van der Waals surface area contributed by atoms with Gasteiger partial charge in [-0.25, -0.2) is 13.2 Å². The number of carbonyl (C=O) groups is 1.